The first-order chi connectivity index (χ1) is 6.63. The van der Waals surface area contributed by atoms with Gasteiger partial charge >= 0.3 is 5.97 Å². The summed E-state index contributed by atoms with van der Waals surface area (Å²) in [6, 6.07) is 0. The fraction of sp³-hybridized carbons (Fsp3) is 0.556. The number of nitrogens with zero attached hydrogens (tertiary/aromatic N) is 2. The lowest BCUT2D eigenvalue weighted by molar-refractivity contribution is -0.143. The standard InChI is InChI=1S/C9H13IN2O2/c1-3-14-9(13)4-5-12-6-8(10)7(2)11-12/h6H,3-5H2,1-2H3. The van der Waals surface area contributed by atoms with E-state index >= 15 is 0 Å². The predicted octanol–water partition coefficient (Wildman–Crippen LogP) is 1.75. The van der Waals surface area contributed by atoms with Crippen molar-refractivity contribution >= 4 is 28.6 Å². The lowest BCUT2D eigenvalue weighted by Crippen LogP contribution is -2.09. The fourth-order valence-corrected chi connectivity index (χ4v) is 1.48. The average molecular weight is 308 g/mol. The summed E-state index contributed by atoms with van der Waals surface area (Å²) < 4.78 is 7.71. The second kappa shape index (κ2) is 5.33. The van der Waals surface area contributed by atoms with E-state index in [1.807, 2.05) is 13.1 Å². The Hall–Kier alpha value is -0.590. The van der Waals surface area contributed by atoms with E-state index in [-0.39, 0.29) is 5.97 Å². The largest absolute Gasteiger partial charge is 0.466 e. The van der Waals surface area contributed by atoms with Crippen LogP contribution in [-0.2, 0) is 16.1 Å². The normalized spacial score (nSPS) is 10.2. The zero-order valence-electron chi connectivity index (χ0n) is 8.29. The Morgan fingerprint density at radius 1 is 1.71 bits per heavy atom. The molecule has 1 rings (SSSR count). The number of carbonyl (C=O) groups is 1. The fourth-order valence-electron chi connectivity index (χ4n) is 1.05. The topological polar surface area (TPSA) is 44.1 Å². The Labute approximate surface area is 96.8 Å². The number of hydrogen-bond donors (Lipinski definition) is 0. The van der Waals surface area contributed by atoms with Crippen LogP contribution >= 0.6 is 22.6 Å². The number of rotatable bonds is 4. The minimum Gasteiger partial charge on any atom is -0.466 e. The smallest absolute Gasteiger partial charge is 0.307 e. The van der Waals surface area contributed by atoms with Crippen molar-refractivity contribution in [1.82, 2.24) is 9.78 Å². The van der Waals surface area contributed by atoms with E-state index in [0.29, 0.717) is 19.6 Å². The highest BCUT2D eigenvalue weighted by atomic mass is 127. The molecule has 0 unspecified atom stereocenters. The number of hydrogen-bond acceptors (Lipinski definition) is 3. The summed E-state index contributed by atoms with van der Waals surface area (Å²) >= 11 is 2.22. The van der Waals surface area contributed by atoms with Crippen LogP contribution in [0.3, 0.4) is 0 Å². The lowest BCUT2D eigenvalue weighted by atomic mass is 10.4. The van der Waals surface area contributed by atoms with Crippen LogP contribution in [0.2, 0.25) is 0 Å². The van der Waals surface area contributed by atoms with Crippen LogP contribution in [0.25, 0.3) is 0 Å². The molecular formula is C9H13IN2O2. The highest BCUT2D eigenvalue weighted by Crippen LogP contribution is 2.08. The maximum Gasteiger partial charge on any atom is 0.307 e. The number of carbonyl (C=O) groups excluding carboxylic acids is 1. The molecule has 78 valence electrons. The molecule has 4 nitrogen and oxygen atoms in total. The van der Waals surface area contributed by atoms with Gasteiger partial charge < -0.3 is 4.74 Å². The molecule has 0 N–H and O–H groups in total. The summed E-state index contributed by atoms with van der Waals surface area (Å²) in [7, 11) is 0. The molecule has 0 saturated heterocycles. The van der Waals surface area contributed by atoms with Gasteiger partial charge in [-0.15, -0.1) is 0 Å². The molecule has 0 saturated carbocycles. The molecule has 5 heteroatoms. The Bertz CT molecular complexity index is 303. The van der Waals surface area contributed by atoms with E-state index in [9.17, 15) is 4.79 Å². The van der Waals surface area contributed by atoms with Gasteiger partial charge in [0.05, 0.1) is 28.8 Å². The first-order valence-electron chi connectivity index (χ1n) is 4.48. The van der Waals surface area contributed by atoms with Crippen molar-refractivity contribution in [2.24, 2.45) is 0 Å². The Kier molecular flexibility index (Phi) is 4.37. The highest BCUT2D eigenvalue weighted by molar-refractivity contribution is 14.1. The number of esters is 1. The summed E-state index contributed by atoms with van der Waals surface area (Å²) in [5.41, 5.74) is 0.995. The average Bonchev–Trinajstić information content (AvgIpc) is 2.44. The van der Waals surface area contributed by atoms with Crippen molar-refractivity contribution in [3.05, 3.63) is 15.5 Å². The van der Waals surface area contributed by atoms with Gasteiger partial charge in [0.15, 0.2) is 0 Å². The minimum absolute atomic E-state index is 0.171. The molecule has 0 aliphatic rings. The van der Waals surface area contributed by atoms with Gasteiger partial charge in [-0.2, -0.15) is 5.10 Å². The summed E-state index contributed by atoms with van der Waals surface area (Å²) in [6.07, 6.45) is 2.31. The maximum atomic E-state index is 11.0. The van der Waals surface area contributed by atoms with Gasteiger partial charge in [-0.1, -0.05) is 0 Å². The molecule has 1 aromatic heterocycles. The van der Waals surface area contributed by atoms with E-state index in [0.717, 1.165) is 9.26 Å². The number of aryl methyl sites for hydroxylation is 2. The molecule has 0 bridgehead atoms. The molecule has 14 heavy (non-hydrogen) atoms. The van der Waals surface area contributed by atoms with Gasteiger partial charge in [0.1, 0.15) is 0 Å². The third-order valence-electron chi connectivity index (χ3n) is 1.74. The van der Waals surface area contributed by atoms with E-state index < -0.39 is 0 Å². The number of aromatic nitrogens is 2. The summed E-state index contributed by atoms with van der Waals surface area (Å²) in [4.78, 5) is 11.0. The van der Waals surface area contributed by atoms with Crippen LogP contribution in [0, 0.1) is 10.5 Å². The molecule has 1 aromatic rings. The first-order valence-corrected chi connectivity index (χ1v) is 5.56. The number of ether oxygens (including phenoxy) is 1. The van der Waals surface area contributed by atoms with Crippen molar-refractivity contribution in [1.29, 1.82) is 0 Å². The van der Waals surface area contributed by atoms with E-state index in [2.05, 4.69) is 27.7 Å². The number of halogens is 1. The quantitative estimate of drug-likeness (QED) is 0.629. The van der Waals surface area contributed by atoms with Gasteiger partial charge in [0.25, 0.3) is 0 Å². The van der Waals surface area contributed by atoms with Crippen LogP contribution in [0.4, 0.5) is 0 Å². The molecule has 0 aliphatic heterocycles. The molecule has 0 aliphatic carbocycles. The molecule has 1 heterocycles. The van der Waals surface area contributed by atoms with Crippen LogP contribution in [0.1, 0.15) is 19.0 Å². The summed E-state index contributed by atoms with van der Waals surface area (Å²) in [5.74, 6) is -0.171. The third-order valence-corrected chi connectivity index (χ3v) is 2.80. The molecular weight excluding hydrogens is 295 g/mol. The van der Waals surface area contributed by atoms with Crippen LogP contribution in [0.5, 0.6) is 0 Å². The van der Waals surface area contributed by atoms with Crippen molar-refractivity contribution in [2.75, 3.05) is 6.61 Å². The van der Waals surface area contributed by atoms with Gasteiger partial charge in [0.2, 0.25) is 0 Å². The van der Waals surface area contributed by atoms with Crippen molar-refractivity contribution < 1.29 is 9.53 Å². The van der Waals surface area contributed by atoms with Crippen molar-refractivity contribution in [3.8, 4) is 0 Å². The van der Waals surface area contributed by atoms with Crippen molar-refractivity contribution in [2.45, 2.75) is 26.8 Å². The van der Waals surface area contributed by atoms with Crippen LogP contribution < -0.4 is 0 Å². The minimum atomic E-state index is -0.171. The lowest BCUT2D eigenvalue weighted by Gasteiger charge is -2.01. The predicted molar refractivity (Wildman–Crippen MR) is 60.9 cm³/mol. The summed E-state index contributed by atoms with van der Waals surface area (Å²) in [5, 5.41) is 4.24. The molecule has 0 radical (unpaired) electrons. The van der Waals surface area contributed by atoms with E-state index in [4.69, 9.17) is 4.74 Å². The van der Waals surface area contributed by atoms with Gasteiger partial charge in [-0.3, -0.25) is 9.48 Å². The Morgan fingerprint density at radius 3 is 2.93 bits per heavy atom. The van der Waals surface area contributed by atoms with E-state index in [1.54, 1.807) is 11.6 Å². The summed E-state index contributed by atoms with van der Waals surface area (Å²) in [6.45, 7) is 4.78. The first kappa shape index (κ1) is 11.5. The van der Waals surface area contributed by atoms with Crippen LogP contribution in [0.15, 0.2) is 6.20 Å². The second-order valence-electron chi connectivity index (χ2n) is 2.88. The molecule has 0 fully saturated rings. The van der Waals surface area contributed by atoms with Gasteiger partial charge in [-0.25, -0.2) is 0 Å². The third kappa shape index (κ3) is 3.28. The van der Waals surface area contributed by atoms with E-state index in [1.165, 1.54) is 0 Å². The SMILES string of the molecule is CCOC(=O)CCn1cc(I)c(C)n1. The Balaban J connectivity index is 2.42. The maximum absolute atomic E-state index is 11.0. The zero-order valence-corrected chi connectivity index (χ0v) is 10.4. The second-order valence-corrected chi connectivity index (χ2v) is 4.04. The highest BCUT2D eigenvalue weighted by Gasteiger charge is 2.04. The molecule has 0 spiro atoms. The van der Waals surface area contributed by atoms with Gasteiger partial charge in [-0.05, 0) is 36.4 Å². The molecule has 0 atom stereocenters. The van der Waals surface area contributed by atoms with Crippen LogP contribution in [-0.4, -0.2) is 22.4 Å². The molecule has 0 aromatic carbocycles. The monoisotopic (exact) mass is 308 g/mol. The molecule has 0 amide bonds. The van der Waals surface area contributed by atoms with Crippen molar-refractivity contribution in [3.63, 3.8) is 0 Å². The Morgan fingerprint density at radius 2 is 2.43 bits per heavy atom. The zero-order chi connectivity index (χ0) is 10.6. The van der Waals surface area contributed by atoms with Gasteiger partial charge in [0, 0.05) is 6.20 Å².